The first-order chi connectivity index (χ1) is 7.97. The van der Waals surface area contributed by atoms with Gasteiger partial charge in [-0.15, -0.1) is 12.4 Å². The molecule has 1 aliphatic heterocycles. The zero-order valence-electron chi connectivity index (χ0n) is 10.5. The van der Waals surface area contributed by atoms with Gasteiger partial charge in [-0.3, -0.25) is 4.68 Å². The van der Waals surface area contributed by atoms with Gasteiger partial charge in [0.2, 0.25) is 10.0 Å². The molecule has 2 heterocycles. The van der Waals surface area contributed by atoms with Crippen LogP contribution >= 0.6 is 12.4 Å². The lowest BCUT2D eigenvalue weighted by Gasteiger charge is -2.28. The lowest BCUT2D eigenvalue weighted by molar-refractivity contribution is 0.361. The van der Waals surface area contributed by atoms with Gasteiger partial charge >= 0.3 is 0 Å². The van der Waals surface area contributed by atoms with Gasteiger partial charge in [-0.25, -0.2) is 13.1 Å². The van der Waals surface area contributed by atoms with Gasteiger partial charge in [0.05, 0.1) is 6.20 Å². The van der Waals surface area contributed by atoms with Crippen molar-refractivity contribution in [3.05, 3.63) is 12.4 Å². The topological polar surface area (TPSA) is 76.0 Å². The van der Waals surface area contributed by atoms with Gasteiger partial charge < -0.3 is 5.32 Å². The van der Waals surface area contributed by atoms with Crippen LogP contribution in [0.4, 0.5) is 0 Å². The van der Waals surface area contributed by atoms with Crippen LogP contribution < -0.4 is 10.0 Å². The van der Waals surface area contributed by atoms with Crippen molar-refractivity contribution >= 4 is 22.4 Å². The molecule has 1 aliphatic rings. The molecular formula is C10H19ClN4O2S. The van der Waals surface area contributed by atoms with Crippen LogP contribution in [0.3, 0.4) is 0 Å². The molecule has 2 N–H and O–H groups in total. The van der Waals surface area contributed by atoms with E-state index in [1.807, 2.05) is 0 Å². The van der Waals surface area contributed by atoms with Crippen molar-refractivity contribution in [3.63, 3.8) is 0 Å². The minimum absolute atomic E-state index is 0. The molecule has 0 aromatic carbocycles. The van der Waals surface area contributed by atoms with E-state index in [1.165, 1.54) is 17.1 Å². The van der Waals surface area contributed by atoms with Gasteiger partial charge in [0, 0.05) is 25.3 Å². The van der Waals surface area contributed by atoms with Crippen molar-refractivity contribution in [3.8, 4) is 0 Å². The van der Waals surface area contributed by atoms with Crippen LogP contribution in [-0.4, -0.2) is 36.8 Å². The molecule has 0 bridgehead atoms. The number of nitrogens with zero attached hydrogens (tertiary/aromatic N) is 2. The van der Waals surface area contributed by atoms with Crippen molar-refractivity contribution in [2.75, 3.05) is 6.54 Å². The summed E-state index contributed by atoms with van der Waals surface area (Å²) in [4.78, 5) is 0.228. The van der Waals surface area contributed by atoms with Crippen molar-refractivity contribution in [2.24, 2.45) is 7.05 Å². The zero-order valence-corrected chi connectivity index (χ0v) is 12.1. The molecule has 6 nitrogen and oxygen atoms in total. The maximum Gasteiger partial charge on any atom is 0.243 e. The molecule has 0 amide bonds. The Kier molecular flexibility index (Phi) is 5.15. The van der Waals surface area contributed by atoms with Crippen molar-refractivity contribution < 1.29 is 8.42 Å². The second-order valence-electron chi connectivity index (χ2n) is 4.55. The molecule has 0 radical (unpaired) electrons. The van der Waals surface area contributed by atoms with Crippen LogP contribution in [-0.2, 0) is 17.1 Å². The van der Waals surface area contributed by atoms with Crippen molar-refractivity contribution in [1.29, 1.82) is 0 Å². The maximum absolute atomic E-state index is 12.0. The first kappa shape index (κ1) is 15.4. The van der Waals surface area contributed by atoms with Crippen LogP contribution in [0.2, 0.25) is 0 Å². The highest BCUT2D eigenvalue weighted by atomic mass is 35.5. The smallest absolute Gasteiger partial charge is 0.243 e. The number of halogens is 1. The average Bonchev–Trinajstić information content (AvgIpc) is 2.65. The first-order valence-electron chi connectivity index (χ1n) is 5.72. The molecular weight excluding hydrogens is 276 g/mol. The van der Waals surface area contributed by atoms with Crippen LogP contribution in [0.25, 0.3) is 0 Å². The van der Waals surface area contributed by atoms with Gasteiger partial charge in [0.1, 0.15) is 4.90 Å². The standard InChI is InChI=1S/C10H18N4O2S.ClH/c1-8-5-9(3-4-11-8)13-17(15,16)10-6-12-14(2)7-10;/h6-9,11,13H,3-5H2,1-2H3;1H. The molecule has 8 heteroatoms. The predicted octanol–water partition coefficient (Wildman–Crippen LogP) is 0.261. The van der Waals surface area contributed by atoms with Gasteiger partial charge in [-0.1, -0.05) is 0 Å². The lowest BCUT2D eigenvalue weighted by Crippen LogP contribution is -2.46. The second kappa shape index (κ2) is 6.01. The second-order valence-corrected chi connectivity index (χ2v) is 6.26. The van der Waals surface area contributed by atoms with Gasteiger partial charge in [0.25, 0.3) is 0 Å². The molecule has 0 saturated carbocycles. The highest BCUT2D eigenvalue weighted by Gasteiger charge is 2.25. The number of nitrogens with one attached hydrogen (secondary N) is 2. The van der Waals surface area contributed by atoms with E-state index in [-0.39, 0.29) is 23.3 Å². The van der Waals surface area contributed by atoms with E-state index < -0.39 is 10.0 Å². The monoisotopic (exact) mass is 294 g/mol. The number of rotatable bonds is 3. The Labute approximate surface area is 114 Å². The SMILES string of the molecule is CC1CC(NS(=O)(=O)c2cnn(C)c2)CCN1.Cl. The van der Waals surface area contributed by atoms with E-state index in [4.69, 9.17) is 0 Å². The number of sulfonamides is 1. The third-order valence-electron chi connectivity index (χ3n) is 2.94. The number of hydrogen-bond donors (Lipinski definition) is 2. The summed E-state index contributed by atoms with van der Waals surface area (Å²) in [7, 11) is -1.72. The van der Waals surface area contributed by atoms with Crippen LogP contribution in [0.5, 0.6) is 0 Å². The van der Waals surface area contributed by atoms with Gasteiger partial charge in [0.15, 0.2) is 0 Å². The molecule has 2 rings (SSSR count). The highest BCUT2D eigenvalue weighted by molar-refractivity contribution is 7.89. The fourth-order valence-corrected chi connectivity index (χ4v) is 3.33. The molecule has 104 valence electrons. The lowest BCUT2D eigenvalue weighted by atomic mass is 10.0. The fourth-order valence-electron chi connectivity index (χ4n) is 2.06. The summed E-state index contributed by atoms with van der Waals surface area (Å²) in [6, 6.07) is 0.363. The summed E-state index contributed by atoms with van der Waals surface area (Å²) in [5.74, 6) is 0. The van der Waals surface area contributed by atoms with Gasteiger partial charge in [-0.05, 0) is 26.3 Å². The highest BCUT2D eigenvalue weighted by Crippen LogP contribution is 2.13. The van der Waals surface area contributed by atoms with Crippen molar-refractivity contribution in [2.45, 2.75) is 36.7 Å². The minimum atomic E-state index is -3.42. The Balaban J connectivity index is 0.00000162. The van der Waals surface area contributed by atoms with E-state index in [0.717, 1.165) is 19.4 Å². The summed E-state index contributed by atoms with van der Waals surface area (Å²) in [6.07, 6.45) is 4.52. The summed E-state index contributed by atoms with van der Waals surface area (Å²) < 4.78 is 28.3. The van der Waals surface area contributed by atoms with E-state index in [2.05, 4.69) is 22.1 Å². The summed E-state index contributed by atoms with van der Waals surface area (Å²) >= 11 is 0. The van der Waals surface area contributed by atoms with E-state index in [9.17, 15) is 8.42 Å². The molecule has 2 atom stereocenters. The zero-order chi connectivity index (χ0) is 12.5. The summed E-state index contributed by atoms with van der Waals surface area (Å²) in [6.45, 7) is 2.91. The number of hydrogen-bond acceptors (Lipinski definition) is 4. The molecule has 1 aromatic heterocycles. The van der Waals surface area contributed by atoms with Gasteiger partial charge in [-0.2, -0.15) is 5.10 Å². The Hall–Kier alpha value is -0.630. The fraction of sp³-hybridized carbons (Fsp3) is 0.700. The van der Waals surface area contributed by atoms with Crippen LogP contribution in [0.1, 0.15) is 19.8 Å². The Morgan fingerprint density at radius 2 is 2.28 bits per heavy atom. The van der Waals surface area contributed by atoms with Crippen molar-refractivity contribution in [1.82, 2.24) is 19.8 Å². The average molecular weight is 295 g/mol. The molecule has 0 aliphatic carbocycles. The summed E-state index contributed by atoms with van der Waals surface area (Å²) in [5, 5.41) is 7.17. The largest absolute Gasteiger partial charge is 0.314 e. The first-order valence-corrected chi connectivity index (χ1v) is 7.20. The molecule has 0 spiro atoms. The third-order valence-corrected chi connectivity index (χ3v) is 4.41. The van der Waals surface area contributed by atoms with E-state index >= 15 is 0 Å². The quantitative estimate of drug-likeness (QED) is 0.838. The molecule has 2 unspecified atom stereocenters. The van der Waals surface area contributed by atoms with Crippen LogP contribution in [0, 0.1) is 0 Å². The third kappa shape index (κ3) is 3.68. The van der Waals surface area contributed by atoms with E-state index in [1.54, 1.807) is 7.05 Å². The number of aromatic nitrogens is 2. The normalized spacial score (nSPS) is 24.6. The molecule has 1 saturated heterocycles. The number of aryl methyl sites for hydroxylation is 1. The summed E-state index contributed by atoms with van der Waals surface area (Å²) in [5.41, 5.74) is 0. The predicted molar refractivity (Wildman–Crippen MR) is 71.3 cm³/mol. The van der Waals surface area contributed by atoms with Crippen LogP contribution in [0.15, 0.2) is 17.3 Å². The minimum Gasteiger partial charge on any atom is -0.314 e. The molecule has 1 fully saturated rings. The van der Waals surface area contributed by atoms with E-state index in [0.29, 0.717) is 6.04 Å². The Morgan fingerprint density at radius 1 is 1.56 bits per heavy atom. The maximum atomic E-state index is 12.0. The Morgan fingerprint density at radius 3 is 2.83 bits per heavy atom. The number of piperidine rings is 1. The molecule has 18 heavy (non-hydrogen) atoms. The Bertz CT molecular complexity index is 488. The molecule has 1 aromatic rings.